The molecule has 2 aromatic rings. The van der Waals surface area contributed by atoms with Crippen LogP contribution in [0.3, 0.4) is 0 Å². The highest BCUT2D eigenvalue weighted by atomic mass is 19.4. The Labute approximate surface area is 119 Å². The minimum absolute atomic E-state index is 0.0237. The second kappa shape index (κ2) is 5.38. The first-order chi connectivity index (χ1) is 9.68. The molecule has 1 aromatic heterocycles. The summed E-state index contributed by atoms with van der Waals surface area (Å²) >= 11 is 0. The van der Waals surface area contributed by atoms with Crippen molar-refractivity contribution in [2.24, 2.45) is 0 Å². The summed E-state index contributed by atoms with van der Waals surface area (Å²) in [4.78, 5) is 4.03. The van der Waals surface area contributed by atoms with E-state index in [1.165, 1.54) is 6.07 Å². The van der Waals surface area contributed by atoms with Gasteiger partial charge in [0, 0.05) is 6.42 Å². The smallest absolute Gasteiger partial charge is 0.389 e. The summed E-state index contributed by atoms with van der Waals surface area (Å²) in [7, 11) is 0. The van der Waals surface area contributed by atoms with Crippen molar-refractivity contribution in [2.45, 2.75) is 38.3 Å². The van der Waals surface area contributed by atoms with E-state index in [1.807, 2.05) is 0 Å². The van der Waals surface area contributed by atoms with Crippen molar-refractivity contribution in [1.82, 2.24) is 10.1 Å². The molecule has 1 aromatic carbocycles. The van der Waals surface area contributed by atoms with Crippen LogP contribution in [0.25, 0.3) is 0 Å². The average molecular weight is 300 g/mol. The normalized spacial score (nSPS) is 12.6. The van der Waals surface area contributed by atoms with Crippen LogP contribution in [0.1, 0.15) is 37.5 Å². The quantitative estimate of drug-likeness (QED) is 0.937. The van der Waals surface area contributed by atoms with E-state index in [0.717, 1.165) is 5.56 Å². The molecule has 0 aliphatic heterocycles. The number of phenols is 1. The third-order valence-corrected chi connectivity index (χ3v) is 3.20. The highest BCUT2D eigenvalue weighted by Gasteiger charge is 2.32. The Morgan fingerprint density at radius 1 is 1.24 bits per heavy atom. The highest BCUT2D eigenvalue weighted by Crippen LogP contribution is 2.32. The second-order valence-corrected chi connectivity index (χ2v) is 5.31. The van der Waals surface area contributed by atoms with Crippen molar-refractivity contribution < 1.29 is 22.8 Å². The van der Waals surface area contributed by atoms with Gasteiger partial charge in [-0.25, -0.2) is 0 Å². The number of hydrogen-bond donors (Lipinski definition) is 1. The number of halogens is 3. The first-order valence-corrected chi connectivity index (χ1v) is 6.38. The summed E-state index contributed by atoms with van der Waals surface area (Å²) in [5.74, 6) is 0.332. The number of aromatic nitrogens is 2. The molecular weight excluding hydrogens is 285 g/mol. The van der Waals surface area contributed by atoms with Gasteiger partial charge in [-0.15, -0.1) is 0 Å². The van der Waals surface area contributed by atoms with E-state index in [9.17, 15) is 18.3 Å². The number of benzene rings is 1. The van der Waals surface area contributed by atoms with Crippen LogP contribution < -0.4 is 0 Å². The van der Waals surface area contributed by atoms with Crippen LogP contribution in [0.2, 0.25) is 0 Å². The molecule has 0 unspecified atom stereocenters. The van der Waals surface area contributed by atoms with E-state index < -0.39 is 18.0 Å². The molecule has 1 N–H and O–H groups in total. The summed E-state index contributed by atoms with van der Waals surface area (Å²) in [5.41, 5.74) is 0.0240. The molecule has 0 saturated heterocycles. The number of aromatic hydroxyl groups is 1. The van der Waals surface area contributed by atoms with Gasteiger partial charge in [-0.05, 0) is 31.5 Å². The predicted molar refractivity (Wildman–Crippen MR) is 68.9 cm³/mol. The van der Waals surface area contributed by atoms with Gasteiger partial charge in [-0.3, -0.25) is 0 Å². The van der Waals surface area contributed by atoms with Gasteiger partial charge in [0.2, 0.25) is 5.89 Å². The molecule has 1 heterocycles. The zero-order chi connectivity index (χ0) is 15.7. The molecule has 0 saturated carbocycles. The van der Waals surface area contributed by atoms with Crippen molar-refractivity contribution in [3.8, 4) is 5.75 Å². The molecule has 21 heavy (non-hydrogen) atoms. The van der Waals surface area contributed by atoms with Gasteiger partial charge in [-0.1, -0.05) is 17.3 Å². The number of rotatable bonds is 4. The van der Waals surface area contributed by atoms with Gasteiger partial charge in [-0.2, -0.15) is 18.2 Å². The van der Waals surface area contributed by atoms with Crippen LogP contribution in [-0.2, 0) is 11.8 Å². The third-order valence-electron chi connectivity index (χ3n) is 3.20. The standard InChI is InChI=1S/C14H15F3N2O2/c1-13(2,9-4-3-5-10(20)8-9)12-18-11(19-21-12)6-7-14(15,16)17/h3-5,8,20H,6-7H2,1-2H3. The Hall–Kier alpha value is -2.05. The minimum atomic E-state index is -4.25. The molecule has 0 atom stereocenters. The van der Waals surface area contributed by atoms with Gasteiger partial charge < -0.3 is 9.63 Å². The molecule has 0 radical (unpaired) electrons. The summed E-state index contributed by atoms with van der Waals surface area (Å²) in [6, 6.07) is 6.54. The molecule has 0 bridgehead atoms. The summed E-state index contributed by atoms with van der Waals surface area (Å²) in [5, 5.41) is 13.1. The largest absolute Gasteiger partial charge is 0.508 e. The monoisotopic (exact) mass is 300 g/mol. The Morgan fingerprint density at radius 2 is 1.95 bits per heavy atom. The highest BCUT2D eigenvalue weighted by molar-refractivity contribution is 5.35. The first kappa shape index (κ1) is 15.3. The number of nitrogens with zero attached hydrogens (tertiary/aromatic N) is 2. The second-order valence-electron chi connectivity index (χ2n) is 5.31. The number of phenolic OH excluding ortho intramolecular Hbond substituents is 1. The van der Waals surface area contributed by atoms with E-state index in [1.54, 1.807) is 32.0 Å². The summed E-state index contributed by atoms with van der Waals surface area (Å²) in [6.45, 7) is 3.59. The zero-order valence-electron chi connectivity index (χ0n) is 11.6. The lowest BCUT2D eigenvalue weighted by atomic mass is 9.84. The lowest BCUT2D eigenvalue weighted by Crippen LogP contribution is -2.19. The van der Waals surface area contributed by atoms with Gasteiger partial charge >= 0.3 is 6.18 Å². The van der Waals surface area contributed by atoms with Gasteiger partial charge in [0.1, 0.15) is 5.75 Å². The molecule has 0 aliphatic rings. The summed E-state index contributed by atoms with van der Waals surface area (Å²) < 4.78 is 41.6. The Bertz CT molecular complexity index is 621. The fraction of sp³-hybridized carbons (Fsp3) is 0.429. The fourth-order valence-corrected chi connectivity index (χ4v) is 1.88. The van der Waals surface area contributed by atoms with Crippen LogP contribution >= 0.6 is 0 Å². The van der Waals surface area contributed by atoms with E-state index in [4.69, 9.17) is 4.52 Å². The maximum absolute atomic E-state index is 12.2. The average Bonchev–Trinajstić information content (AvgIpc) is 2.85. The van der Waals surface area contributed by atoms with E-state index in [0.29, 0.717) is 0 Å². The minimum Gasteiger partial charge on any atom is -0.508 e. The van der Waals surface area contributed by atoms with Crippen molar-refractivity contribution in [3.05, 3.63) is 41.5 Å². The van der Waals surface area contributed by atoms with Crippen LogP contribution in [0.4, 0.5) is 13.2 Å². The molecule has 0 aliphatic carbocycles. The number of aryl methyl sites for hydroxylation is 1. The lowest BCUT2D eigenvalue weighted by molar-refractivity contribution is -0.134. The van der Waals surface area contributed by atoms with Gasteiger partial charge in [0.05, 0.1) is 11.8 Å². The van der Waals surface area contributed by atoms with E-state index in [-0.39, 0.29) is 23.9 Å². The van der Waals surface area contributed by atoms with Crippen molar-refractivity contribution in [2.75, 3.05) is 0 Å². The molecule has 0 spiro atoms. The molecule has 4 nitrogen and oxygen atoms in total. The van der Waals surface area contributed by atoms with Gasteiger partial charge in [0.25, 0.3) is 0 Å². The number of hydrogen-bond acceptors (Lipinski definition) is 4. The van der Waals surface area contributed by atoms with Crippen LogP contribution in [0.5, 0.6) is 5.75 Å². The molecule has 114 valence electrons. The molecule has 0 amide bonds. The third kappa shape index (κ3) is 3.74. The van der Waals surface area contributed by atoms with Crippen LogP contribution in [-0.4, -0.2) is 21.4 Å². The molecule has 2 rings (SSSR count). The SMILES string of the molecule is CC(C)(c1cccc(O)c1)c1nc(CCC(F)(F)F)no1. The first-order valence-electron chi connectivity index (χ1n) is 6.38. The fourth-order valence-electron chi connectivity index (χ4n) is 1.88. The molecule has 7 heteroatoms. The van der Waals surface area contributed by atoms with Crippen molar-refractivity contribution in [3.63, 3.8) is 0 Å². The zero-order valence-corrected chi connectivity index (χ0v) is 11.6. The van der Waals surface area contributed by atoms with Crippen molar-refractivity contribution >= 4 is 0 Å². The van der Waals surface area contributed by atoms with Crippen LogP contribution in [0, 0.1) is 0 Å². The van der Waals surface area contributed by atoms with Crippen LogP contribution in [0.15, 0.2) is 28.8 Å². The molecular formula is C14H15F3N2O2. The van der Waals surface area contributed by atoms with Gasteiger partial charge in [0.15, 0.2) is 5.82 Å². The van der Waals surface area contributed by atoms with Crippen molar-refractivity contribution in [1.29, 1.82) is 0 Å². The van der Waals surface area contributed by atoms with E-state index in [2.05, 4.69) is 10.1 Å². The maximum Gasteiger partial charge on any atom is 0.389 e. The maximum atomic E-state index is 12.2. The number of alkyl halides is 3. The Kier molecular flexibility index (Phi) is 3.93. The Morgan fingerprint density at radius 3 is 2.57 bits per heavy atom. The summed E-state index contributed by atoms with van der Waals surface area (Å²) in [6.07, 6.45) is -5.55. The Balaban J connectivity index is 2.20. The molecule has 0 fully saturated rings. The van der Waals surface area contributed by atoms with E-state index >= 15 is 0 Å². The lowest BCUT2D eigenvalue weighted by Gasteiger charge is -2.20. The topological polar surface area (TPSA) is 59.2 Å². The predicted octanol–water partition coefficient (Wildman–Crippen LogP) is 3.60.